The van der Waals surface area contributed by atoms with Crippen LogP contribution in [-0.4, -0.2) is 27.0 Å². The predicted octanol–water partition coefficient (Wildman–Crippen LogP) is 2.15. The quantitative estimate of drug-likeness (QED) is 0.943. The number of amidine groups is 1. The SMILES string of the molecule is FC(F)(F)Cn1ccc(COC2=Nc3ncccc3CN2)n1. The lowest BCUT2D eigenvalue weighted by Gasteiger charge is -2.16. The van der Waals surface area contributed by atoms with Crippen molar-refractivity contribution in [3.05, 3.63) is 41.9 Å². The zero-order valence-corrected chi connectivity index (χ0v) is 11.3. The Morgan fingerprint density at radius 2 is 2.18 bits per heavy atom. The van der Waals surface area contributed by atoms with E-state index >= 15 is 0 Å². The Balaban J connectivity index is 1.61. The highest BCUT2D eigenvalue weighted by atomic mass is 19.4. The Morgan fingerprint density at radius 3 is 3.00 bits per heavy atom. The number of pyridine rings is 1. The summed E-state index contributed by atoms with van der Waals surface area (Å²) in [4.78, 5) is 8.30. The van der Waals surface area contributed by atoms with Crippen LogP contribution in [0.25, 0.3) is 0 Å². The van der Waals surface area contributed by atoms with Crippen molar-refractivity contribution in [1.82, 2.24) is 20.1 Å². The molecule has 0 atom stereocenters. The van der Waals surface area contributed by atoms with Crippen molar-refractivity contribution >= 4 is 11.8 Å². The van der Waals surface area contributed by atoms with E-state index in [0.717, 1.165) is 10.2 Å². The maximum atomic E-state index is 12.2. The van der Waals surface area contributed by atoms with Crippen molar-refractivity contribution < 1.29 is 17.9 Å². The zero-order valence-electron chi connectivity index (χ0n) is 11.3. The Bertz CT molecular complexity index is 695. The second-order valence-corrected chi connectivity index (χ2v) is 4.67. The molecule has 2 aromatic heterocycles. The number of rotatable bonds is 3. The molecule has 1 aliphatic heterocycles. The number of halogens is 3. The predicted molar refractivity (Wildman–Crippen MR) is 71.2 cm³/mol. The van der Waals surface area contributed by atoms with E-state index in [1.165, 1.54) is 12.3 Å². The molecule has 0 amide bonds. The van der Waals surface area contributed by atoms with Crippen molar-refractivity contribution in [3.63, 3.8) is 0 Å². The van der Waals surface area contributed by atoms with E-state index in [-0.39, 0.29) is 12.6 Å². The standard InChI is InChI=1S/C13H12F3N5O/c14-13(15,16)8-21-5-3-10(20-21)7-22-12-18-6-9-2-1-4-17-11(9)19-12/h1-5H,6-8H2,(H,17,18,19). The van der Waals surface area contributed by atoms with Gasteiger partial charge < -0.3 is 10.1 Å². The van der Waals surface area contributed by atoms with Crippen molar-refractivity contribution in [1.29, 1.82) is 0 Å². The van der Waals surface area contributed by atoms with Gasteiger partial charge in [-0.3, -0.25) is 4.68 Å². The van der Waals surface area contributed by atoms with Gasteiger partial charge in [0.05, 0.1) is 5.69 Å². The fraction of sp³-hybridized carbons (Fsp3) is 0.308. The number of alkyl halides is 3. The third-order valence-electron chi connectivity index (χ3n) is 2.90. The zero-order chi connectivity index (χ0) is 15.6. The minimum absolute atomic E-state index is 0.0266. The highest BCUT2D eigenvalue weighted by Gasteiger charge is 2.28. The lowest BCUT2D eigenvalue weighted by molar-refractivity contribution is -0.142. The molecule has 9 heteroatoms. The van der Waals surface area contributed by atoms with E-state index in [9.17, 15) is 13.2 Å². The first kappa shape index (κ1) is 14.4. The number of fused-ring (bicyclic) bond motifs is 1. The third-order valence-corrected chi connectivity index (χ3v) is 2.90. The molecule has 3 rings (SSSR count). The van der Waals surface area contributed by atoms with Gasteiger partial charge in [-0.25, -0.2) is 4.98 Å². The fourth-order valence-corrected chi connectivity index (χ4v) is 1.95. The fourth-order valence-electron chi connectivity index (χ4n) is 1.95. The van der Waals surface area contributed by atoms with Crippen LogP contribution >= 0.6 is 0 Å². The highest BCUT2D eigenvalue weighted by molar-refractivity contribution is 5.78. The number of ether oxygens (including phenoxy) is 1. The van der Waals surface area contributed by atoms with Gasteiger partial charge >= 0.3 is 6.18 Å². The molecule has 1 N–H and O–H groups in total. The van der Waals surface area contributed by atoms with Gasteiger partial charge in [-0.15, -0.1) is 0 Å². The van der Waals surface area contributed by atoms with Crippen LogP contribution in [-0.2, 0) is 24.4 Å². The van der Waals surface area contributed by atoms with Crippen molar-refractivity contribution in [2.45, 2.75) is 25.9 Å². The smallest absolute Gasteiger partial charge is 0.408 e. The summed E-state index contributed by atoms with van der Waals surface area (Å²) in [5, 5.41) is 6.76. The molecular weight excluding hydrogens is 299 g/mol. The second kappa shape index (κ2) is 5.66. The molecule has 0 fully saturated rings. The normalized spacial score (nSPS) is 14.0. The molecule has 0 radical (unpaired) electrons. The molecule has 3 heterocycles. The van der Waals surface area contributed by atoms with E-state index < -0.39 is 12.7 Å². The van der Waals surface area contributed by atoms with Gasteiger partial charge in [0.25, 0.3) is 6.02 Å². The Labute approximate surface area is 123 Å². The molecule has 1 aliphatic rings. The summed E-state index contributed by atoms with van der Waals surface area (Å²) in [6, 6.07) is 5.46. The van der Waals surface area contributed by atoms with Crippen LogP contribution in [0.3, 0.4) is 0 Å². The van der Waals surface area contributed by atoms with Gasteiger partial charge in [0.1, 0.15) is 13.2 Å². The average molecular weight is 311 g/mol. The molecule has 0 unspecified atom stereocenters. The monoisotopic (exact) mass is 311 g/mol. The minimum Gasteiger partial charge on any atom is -0.458 e. The summed E-state index contributed by atoms with van der Waals surface area (Å²) in [5.74, 6) is 0.568. The lowest BCUT2D eigenvalue weighted by atomic mass is 10.2. The van der Waals surface area contributed by atoms with Gasteiger partial charge in [0.15, 0.2) is 5.82 Å². The summed E-state index contributed by atoms with van der Waals surface area (Å²) in [6.45, 7) is -0.563. The lowest BCUT2D eigenvalue weighted by Crippen LogP contribution is -2.28. The molecule has 0 saturated carbocycles. The van der Waals surface area contributed by atoms with Gasteiger partial charge in [-0.2, -0.15) is 23.3 Å². The third kappa shape index (κ3) is 3.54. The van der Waals surface area contributed by atoms with Crippen LogP contribution in [0.4, 0.5) is 19.0 Å². The van der Waals surface area contributed by atoms with Crippen LogP contribution in [0.15, 0.2) is 35.6 Å². The summed E-state index contributed by atoms with van der Waals surface area (Å²) in [7, 11) is 0. The Hall–Kier alpha value is -2.58. The highest BCUT2D eigenvalue weighted by Crippen LogP contribution is 2.19. The van der Waals surface area contributed by atoms with Crippen LogP contribution in [0.5, 0.6) is 0 Å². The molecule has 0 aliphatic carbocycles. The van der Waals surface area contributed by atoms with Crippen LogP contribution < -0.4 is 5.32 Å². The topological polar surface area (TPSA) is 64.3 Å². The van der Waals surface area contributed by atoms with E-state index in [0.29, 0.717) is 18.1 Å². The Kier molecular flexibility index (Phi) is 3.70. The van der Waals surface area contributed by atoms with Gasteiger partial charge in [-0.1, -0.05) is 6.07 Å². The first-order valence-electron chi connectivity index (χ1n) is 6.48. The van der Waals surface area contributed by atoms with E-state index in [1.54, 1.807) is 6.20 Å². The Morgan fingerprint density at radius 1 is 1.32 bits per heavy atom. The van der Waals surface area contributed by atoms with Gasteiger partial charge in [0, 0.05) is 24.5 Å². The molecular formula is C13H12F3N5O. The summed E-state index contributed by atoms with van der Waals surface area (Å²) >= 11 is 0. The van der Waals surface area contributed by atoms with Crippen molar-refractivity contribution in [2.24, 2.45) is 4.99 Å². The number of aromatic nitrogens is 3. The number of hydrogen-bond donors (Lipinski definition) is 1. The molecule has 0 spiro atoms. The number of aliphatic imine (C=N–C) groups is 1. The molecule has 0 saturated heterocycles. The number of hydrogen-bond acceptors (Lipinski definition) is 5. The van der Waals surface area contributed by atoms with E-state index in [1.807, 2.05) is 12.1 Å². The number of nitrogens with zero attached hydrogens (tertiary/aromatic N) is 4. The minimum atomic E-state index is -4.30. The number of nitrogens with one attached hydrogen (secondary N) is 1. The maximum Gasteiger partial charge on any atom is 0.408 e. The first-order chi connectivity index (χ1) is 10.5. The molecule has 0 aromatic carbocycles. The molecule has 116 valence electrons. The second-order valence-electron chi connectivity index (χ2n) is 4.67. The molecule has 0 bridgehead atoms. The molecule has 22 heavy (non-hydrogen) atoms. The summed E-state index contributed by atoms with van der Waals surface area (Å²) < 4.78 is 43.0. The van der Waals surface area contributed by atoms with Gasteiger partial charge in [-0.05, 0) is 12.1 Å². The summed E-state index contributed by atoms with van der Waals surface area (Å²) in [6.07, 6.45) is -1.40. The molecule has 2 aromatic rings. The largest absolute Gasteiger partial charge is 0.458 e. The van der Waals surface area contributed by atoms with E-state index in [2.05, 4.69) is 20.4 Å². The average Bonchev–Trinajstić information content (AvgIpc) is 2.90. The first-order valence-corrected chi connectivity index (χ1v) is 6.48. The van der Waals surface area contributed by atoms with E-state index in [4.69, 9.17) is 4.74 Å². The van der Waals surface area contributed by atoms with Gasteiger partial charge in [0.2, 0.25) is 0 Å². The summed E-state index contributed by atoms with van der Waals surface area (Å²) in [5.41, 5.74) is 1.34. The van der Waals surface area contributed by atoms with Crippen LogP contribution in [0.1, 0.15) is 11.3 Å². The van der Waals surface area contributed by atoms with Crippen LogP contribution in [0.2, 0.25) is 0 Å². The molecule has 6 nitrogen and oxygen atoms in total. The van der Waals surface area contributed by atoms with Crippen molar-refractivity contribution in [2.75, 3.05) is 0 Å². The van der Waals surface area contributed by atoms with Crippen LogP contribution in [0, 0.1) is 0 Å². The van der Waals surface area contributed by atoms with Crippen molar-refractivity contribution in [3.8, 4) is 0 Å². The maximum absolute atomic E-state index is 12.2.